The van der Waals surface area contributed by atoms with Crippen LogP contribution < -0.4 is 0 Å². The summed E-state index contributed by atoms with van der Waals surface area (Å²) < 4.78 is 16.4. The van der Waals surface area contributed by atoms with Crippen LogP contribution in [0.4, 0.5) is 0 Å². The second-order valence-electron chi connectivity index (χ2n) is 5.74. The second-order valence-corrected chi connectivity index (χ2v) is 5.74. The number of benzene rings is 1. The van der Waals surface area contributed by atoms with E-state index in [1.807, 2.05) is 42.5 Å². The van der Waals surface area contributed by atoms with E-state index in [9.17, 15) is 9.90 Å². The highest BCUT2D eigenvalue weighted by Crippen LogP contribution is 2.43. The van der Waals surface area contributed by atoms with Gasteiger partial charge < -0.3 is 19.3 Å². The summed E-state index contributed by atoms with van der Waals surface area (Å²) in [6, 6.07) is 9.69. The Bertz CT molecular complexity index is 555. The Kier molecular flexibility index (Phi) is 4.29. The van der Waals surface area contributed by atoms with Gasteiger partial charge in [-0.05, 0) is 5.56 Å². The van der Waals surface area contributed by atoms with Gasteiger partial charge in [-0.25, -0.2) is 0 Å². The van der Waals surface area contributed by atoms with Crippen LogP contribution in [0, 0.1) is 5.41 Å². The molecular weight excluding hydrogens is 284 g/mol. The van der Waals surface area contributed by atoms with Crippen LogP contribution in [0.15, 0.2) is 42.5 Å². The summed E-state index contributed by atoms with van der Waals surface area (Å²) in [6.07, 6.45) is 2.59. The third-order valence-corrected chi connectivity index (χ3v) is 4.40. The Balaban J connectivity index is 1.75. The number of aliphatic hydroxyl groups excluding tert-OH is 1. The molecule has 1 N–H and O–H groups in total. The van der Waals surface area contributed by atoms with E-state index in [1.54, 1.807) is 0 Å². The lowest BCUT2D eigenvalue weighted by atomic mass is 9.75. The molecule has 2 heterocycles. The number of rotatable bonds is 5. The van der Waals surface area contributed by atoms with E-state index in [4.69, 9.17) is 14.2 Å². The number of fused-ring (bicyclic) bond motifs is 2. The molecule has 2 aliphatic heterocycles. The maximum absolute atomic E-state index is 12.4. The lowest BCUT2D eigenvalue weighted by molar-refractivity contribution is -0.202. The van der Waals surface area contributed by atoms with Gasteiger partial charge in [0, 0.05) is 6.42 Å². The van der Waals surface area contributed by atoms with Gasteiger partial charge in [-0.15, -0.1) is 0 Å². The number of hydrogen-bond donors (Lipinski definition) is 1. The van der Waals surface area contributed by atoms with Crippen molar-refractivity contribution >= 4 is 5.97 Å². The molecule has 5 nitrogen and oxygen atoms in total. The molecule has 1 fully saturated rings. The van der Waals surface area contributed by atoms with Crippen molar-refractivity contribution in [2.45, 2.75) is 31.3 Å². The largest absolute Gasteiger partial charge is 0.468 e. The van der Waals surface area contributed by atoms with Crippen LogP contribution in [0.25, 0.3) is 0 Å². The van der Waals surface area contributed by atoms with Gasteiger partial charge in [-0.1, -0.05) is 42.5 Å². The van der Waals surface area contributed by atoms with Gasteiger partial charge in [-0.2, -0.15) is 0 Å². The Labute approximate surface area is 129 Å². The van der Waals surface area contributed by atoms with Crippen LogP contribution in [0.5, 0.6) is 0 Å². The first-order chi connectivity index (χ1) is 10.7. The normalized spacial score (nSPS) is 32.9. The topological polar surface area (TPSA) is 65.0 Å². The molecule has 2 aliphatic rings. The van der Waals surface area contributed by atoms with E-state index < -0.39 is 23.6 Å². The fourth-order valence-electron chi connectivity index (χ4n) is 3.14. The van der Waals surface area contributed by atoms with Gasteiger partial charge in [0.1, 0.15) is 5.41 Å². The lowest BCUT2D eigenvalue weighted by Crippen LogP contribution is -2.58. The Morgan fingerprint density at radius 2 is 2.14 bits per heavy atom. The fraction of sp³-hybridized carbons (Fsp3) is 0.471. The second kappa shape index (κ2) is 6.20. The molecule has 1 aromatic carbocycles. The zero-order valence-electron chi connectivity index (χ0n) is 12.5. The molecule has 1 aromatic rings. The molecule has 0 aromatic heterocycles. The minimum absolute atomic E-state index is 0.0530. The average molecular weight is 304 g/mol. The van der Waals surface area contributed by atoms with E-state index in [2.05, 4.69) is 0 Å². The summed E-state index contributed by atoms with van der Waals surface area (Å²) in [4.78, 5) is 12.4. The molecule has 0 unspecified atom stereocenters. The van der Waals surface area contributed by atoms with Crippen molar-refractivity contribution in [1.29, 1.82) is 0 Å². The van der Waals surface area contributed by atoms with E-state index in [-0.39, 0.29) is 12.7 Å². The van der Waals surface area contributed by atoms with Crippen molar-refractivity contribution in [3.63, 3.8) is 0 Å². The number of carbonyl (C=O) groups is 1. The molecule has 0 aliphatic carbocycles. The van der Waals surface area contributed by atoms with Crippen molar-refractivity contribution in [3.8, 4) is 0 Å². The van der Waals surface area contributed by atoms with Gasteiger partial charge in [0.05, 0.1) is 38.6 Å². The summed E-state index contributed by atoms with van der Waals surface area (Å²) in [5, 5.41) is 10.5. The quantitative estimate of drug-likeness (QED) is 0.659. The van der Waals surface area contributed by atoms with Gasteiger partial charge in [0.25, 0.3) is 0 Å². The zero-order chi connectivity index (χ0) is 15.6. The van der Waals surface area contributed by atoms with Gasteiger partial charge in [0.15, 0.2) is 0 Å². The first kappa shape index (κ1) is 15.2. The molecule has 22 heavy (non-hydrogen) atoms. The minimum Gasteiger partial charge on any atom is -0.468 e. The van der Waals surface area contributed by atoms with Crippen LogP contribution in [0.2, 0.25) is 0 Å². The lowest BCUT2D eigenvalue weighted by Gasteiger charge is -2.42. The van der Waals surface area contributed by atoms with Crippen LogP contribution in [0.3, 0.4) is 0 Å². The van der Waals surface area contributed by atoms with E-state index >= 15 is 0 Å². The third kappa shape index (κ3) is 2.56. The van der Waals surface area contributed by atoms with Gasteiger partial charge in [-0.3, -0.25) is 4.79 Å². The standard InChI is InChI=1S/C17H20O5/c1-20-16(19)17(11-21-10-12-5-3-2-4-6-12)14(18)9-13-7-8-15(17)22-13/h2-8,13-15,18H,9-11H2,1H3/t13-,14-,15+,17+/m1/s1. The highest BCUT2D eigenvalue weighted by molar-refractivity contribution is 5.79. The highest BCUT2D eigenvalue weighted by Gasteiger charge is 2.58. The monoisotopic (exact) mass is 304 g/mol. The molecule has 0 radical (unpaired) electrons. The fourth-order valence-corrected chi connectivity index (χ4v) is 3.14. The number of methoxy groups -OCH3 is 1. The molecule has 1 saturated heterocycles. The molecule has 0 amide bonds. The molecular formula is C17H20O5. The Morgan fingerprint density at radius 1 is 1.36 bits per heavy atom. The Hall–Kier alpha value is -1.69. The number of hydrogen-bond acceptors (Lipinski definition) is 5. The Morgan fingerprint density at radius 3 is 2.86 bits per heavy atom. The summed E-state index contributed by atoms with van der Waals surface area (Å²) in [5.74, 6) is -0.497. The number of carbonyl (C=O) groups excluding carboxylic acids is 1. The molecule has 2 bridgehead atoms. The summed E-state index contributed by atoms with van der Waals surface area (Å²) in [5.41, 5.74) is -0.193. The van der Waals surface area contributed by atoms with Crippen molar-refractivity contribution in [2.24, 2.45) is 5.41 Å². The first-order valence-corrected chi connectivity index (χ1v) is 7.39. The van der Waals surface area contributed by atoms with Crippen LogP contribution >= 0.6 is 0 Å². The smallest absolute Gasteiger partial charge is 0.319 e. The average Bonchev–Trinajstić information content (AvgIpc) is 2.95. The SMILES string of the molecule is COC(=O)[C@@]1(COCc2ccccc2)[C@H](O)C[C@H]2C=C[C@@H]1O2. The first-order valence-electron chi connectivity index (χ1n) is 7.39. The van der Waals surface area contributed by atoms with Crippen molar-refractivity contribution in [1.82, 2.24) is 0 Å². The van der Waals surface area contributed by atoms with Crippen LogP contribution in [-0.2, 0) is 25.6 Å². The molecule has 3 rings (SSSR count). The van der Waals surface area contributed by atoms with E-state index in [1.165, 1.54) is 7.11 Å². The molecule has 118 valence electrons. The molecule has 4 atom stereocenters. The minimum atomic E-state index is -1.20. The number of aliphatic hydroxyl groups is 1. The highest BCUT2D eigenvalue weighted by atomic mass is 16.5. The summed E-state index contributed by atoms with van der Waals surface area (Å²) >= 11 is 0. The third-order valence-electron chi connectivity index (χ3n) is 4.40. The predicted molar refractivity (Wildman–Crippen MR) is 79.0 cm³/mol. The van der Waals surface area contributed by atoms with Crippen LogP contribution in [-0.4, -0.2) is 43.1 Å². The van der Waals surface area contributed by atoms with Crippen molar-refractivity contribution in [2.75, 3.05) is 13.7 Å². The van der Waals surface area contributed by atoms with E-state index in [0.29, 0.717) is 13.0 Å². The number of ether oxygens (including phenoxy) is 3. The summed E-state index contributed by atoms with van der Waals surface area (Å²) in [7, 11) is 1.32. The van der Waals surface area contributed by atoms with Crippen molar-refractivity contribution < 1.29 is 24.1 Å². The van der Waals surface area contributed by atoms with Crippen molar-refractivity contribution in [3.05, 3.63) is 48.0 Å². The molecule has 0 spiro atoms. The maximum atomic E-state index is 12.4. The molecule has 0 saturated carbocycles. The summed E-state index contributed by atoms with van der Waals surface area (Å²) in [6.45, 7) is 0.420. The zero-order valence-corrected chi connectivity index (χ0v) is 12.5. The predicted octanol–water partition coefficient (Wildman–Crippen LogP) is 1.45. The molecule has 5 heteroatoms. The van der Waals surface area contributed by atoms with E-state index in [0.717, 1.165) is 5.56 Å². The van der Waals surface area contributed by atoms with Crippen LogP contribution in [0.1, 0.15) is 12.0 Å². The van der Waals surface area contributed by atoms with Gasteiger partial charge >= 0.3 is 5.97 Å². The maximum Gasteiger partial charge on any atom is 0.319 e. The van der Waals surface area contributed by atoms with Gasteiger partial charge in [0.2, 0.25) is 0 Å². The number of esters is 1.